The van der Waals surface area contributed by atoms with Gasteiger partial charge in [0.15, 0.2) is 11.5 Å². The maximum absolute atomic E-state index is 13.3. The molecular formula is C21H14F7NO4S. The Hall–Kier alpha value is -3.32. The number of halogens is 7. The van der Waals surface area contributed by atoms with Gasteiger partial charge in [-0.15, -0.1) is 0 Å². The lowest BCUT2D eigenvalue weighted by Crippen LogP contribution is -2.24. The number of nitrogens with one attached hydrogen (secondary N) is 1. The third kappa shape index (κ3) is 5.59. The molecule has 0 heterocycles. The highest BCUT2D eigenvalue weighted by molar-refractivity contribution is 7.89. The molecule has 0 aliphatic heterocycles. The van der Waals surface area contributed by atoms with Crippen LogP contribution in [-0.4, -0.2) is 18.6 Å². The van der Waals surface area contributed by atoms with Crippen molar-refractivity contribution in [1.82, 2.24) is 4.72 Å². The Morgan fingerprint density at radius 1 is 0.765 bits per heavy atom. The van der Waals surface area contributed by atoms with Gasteiger partial charge in [-0.1, -0.05) is 12.1 Å². The van der Waals surface area contributed by atoms with Crippen LogP contribution in [0.2, 0.25) is 0 Å². The third-order valence-electron chi connectivity index (χ3n) is 4.64. The van der Waals surface area contributed by atoms with Crippen LogP contribution in [0.1, 0.15) is 16.7 Å². The molecule has 0 saturated carbocycles. The molecule has 0 fully saturated rings. The number of benzene rings is 3. The summed E-state index contributed by atoms with van der Waals surface area (Å²) in [6, 6.07) is 6.06. The first-order valence-corrected chi connectivity index (χ1v) is 10.7. The van der Waals surface area contributed by atoms with E-state index >= 15 is 0 Å². The van der Waals surface area contributed by atoms with E-state index in [1.807, 2.05) is 0 Å². The van der Waals surface area contributed by atoms with Crippen LogP contribution in [-0.2, 0) is 28.9 Å². The number of phenolic OH excluding ortho intramolecular Hbond substituents is 2. The lowest BCUT2D eigenvalue weighted by molar-refractivity contribution is -0.143. The van der Waals surface area contributed by atoms with Crippen molar-refractivity contribution in [3.05, 3.63) is 77.1 Å². The molecule has 3 N–H and O–H groups in total. The number of phenols is 2. The highest BCUT2D eigenvalue weighted by Crippen LogP contribution is 2.42. The van der Waals surface area contributed by atoms with E-state index in [1.165, 1.54) is 12.1 Å². The second-order valence-corrected chi connectivity index (χ2v) is 8.82. The van der Waals surface area contributed by atoms with E-state index in [0.29, 0.717) is 24.3 Å². The molecule has 0 spiro atoms. The Bertz CT molecular complexity index is 1290. The number of sulfonamides is 1. The van der Waals surface area contributed by atoms with E-state index in [4.69, 9.17) is 0 Å². The van der Waals surface area contributed by atoms with Crippen LogP contribution in [0.25, 0.3) is 11.1 Å². The fraction of sp³-hybridized carbons (Fsp3) is 0.143. The van der Waals surface area contributed by atoms with Gasteiger partial charge in [-0.2, -0.15) is 26.3 Å². The fourth-order valence-corrected chi connectivity index (χ4v) is 4.22. The second-order valence-electron chi connectivity index (χ2n) is 7.08. The smallest absolute Gasteiger partial charge is 0.416 e. The van der Waals surface area contributed by atoms with Crippen LogP contribution < -0.4 is 4.72 Å². The van der Waals surface area contributed by atoms with Crippen LogP contribution in [0, 0.1) is 5.82 Å². The fourth-order valence-electron chi connectivity index (χ4n) is 2.97. The third-order valence-corrected chi connectivity index (χ3v) is 6.09. The van der Waals surface area contributed by atoms with Crippen molar-refractivity contribution in [2.75, 3.05) is 0 Å². The van der Waals surface area contributed by atoms with Gasteiger partial charge in [0, 0.05) is 18.2 Å². The molecule has 3 rings (SSSR count). The zero-order valence-corrected chi connectivity index (χ0v) is 17.5. The molecule has 0 aromatic heterocycles. The monoisotopic (exact) mass is 509 g/mol. The molecule has 13 heteroatoms. The quantitative estimate of drug-likeness (QED) is 0.317. The zero-order valence-electron chi connectivity index (χ0n) is 16.7. The van der Waals surface area contributed by atoms with E-state index in [1.54, 1.807) is 0 Å². The lowest BCUT2D eigenvalue weighted by Gasteiger charge is -2.17. The summed E-state index contributed by atoms with van der Waals surface area (Å²) < 4.78 is 120. The average Bonchev–Trinajstić information content (AvgIpc) is 2.73. The van der Waals surface area contributed by atoms with Gasteiger partial charge in [-0.05, 0) is 47.5 Å². The van der Waals surface area contributed by atoms with E-state index in [0.717, 1.165) is 12.1 Å². The number of aromatic hydroxyl groups is 2. The van der Waals surface area contributed by atoms with Crippen molar-refractivity contribution in [1.29, 1.82) is 0 Å². The first kappa shape index (κ1) is 25.3. The Kier molecular flexibility index (Phi) is 6.55. The number of hydrogen-bond acceptors (Lipinski definition) is 4. The summed E-state index contributed by atoms with van der Waals surface area (Å²) in [5.74, 6) is -2.55. The lowest BCUT2D eigenvalue weighted by atomic mass is 9.98. The minimum absolute atomic E-state index is 0.134. The highest BCUT2D eigenvalue weighted by atomic mass is 32.2. The summed E-state index contributed by atoms with van der Waals surface area (Å²) in [7, 11) is -4.66. The van der Waals surface area contributed by atoms with Gasteiger partial charge in [-0.3, -0.25) is 0 Å². The van der Waals surface area contributed by atoms with Crippen molar-refractivity contribution in [3.63, 3.8) is 0 Å². The van der Waals surface area contributed by atoms with Gasteiger partial charge in [0.05, 0.1) is 16.0 Å². The molecule has 34 heavy (non-hydrogen) atoms. The maximum atomic E-state index is 13.3. The first-order chi connectivity index (χ1) is 15.6. The van der Waals surface area contributed by atoms with E-state index < -0.39 is 73.4 Å². The Morgan fingerprint density at radius 3 is 1.76 bits per heavy atom. The summed E-state index contributed by atoms with van der Waals surface area (Å²) in [6.45, 7) is -0.417. The predicted molar refractivity (Wildman–Crippen MR) is 106 cm³/mol. The summed E-state index contributed by atoms with van der Waals surface area (Å²) in [5.41, 5.74) is -4.66. The van der Waals surface area contributed by atoms with Crippen molar-refractivity contribution >= 4 is 10.0 Å². The summed E-state index contributed by atoms with van der Waals surface area (Å²) in [4.78, 5) is -0.891. The van der Waals surface area contributed by atoms with Crippen LogP contribution >= 0.6 is 0 Å². The van der Waals surface area contributed by atoms with Crippen LogP contribution in [0.5, 0.6) is 11.5 Å². The highest BCUT2D eigenvalue weighted by Gasteiger charge is 2.37. The number of alkyl halides is 6. The van der Waals surface area contributed by atoms with Crippen LogP contribution in [0.3, 0.4) is 0 Å². The molecule has 0 amide bonds. The van der Waals surface area contributed by atoms with E-state index in [-0.39, 0.29) is 11.6 Å². The normalized spacial score (nSPS) is 12.7. The van der Waals surface area contributed by atoms with Crippen LogP contribution in [0.4, 0.5) is 30.7 Å². The standard InChI is InChI=1S/C21H14F7NO4S/c22-15-3-1-11(2-4-15)10-29-34(32,33)19-9-18(31)17(30)8-16(19)12-5-13(20(23,24)25)7-14(6-12)21(26,27)28/h1-9,29-31H,10H2. The largest absolute Gasteiger partial charge is 0.504 e. The summed E-state index contributed by atoms with van der Waals surface area (Å²) in [5, 5.41) is 19.6. The Morgan fingerprint density at radius 2 is 1.26 bits per heavy atom. The molecule has 3 aromatic carbocycles. The second kappa shape index (κ2) is 8.80. The topological polar surface area (TPSA) is 86.6 Å². The minimum atomic E-state index is -5.20. The Labute approximate surface area is 188 Å². The van der Waals surface area contributed by atoms with Crippen molar-refractivity contribution < 1.29 is 49.4 Å². The molecule has 3 aromatic rings. The Balaban J connectivity index is 2.16. The van der Waals surface area contributed by atoms with Crippen molar-refractivity contribution in [2.45, 2.75) is 23.8 Å². The summed E-state index contributed by atoms with van der Waals surface area (Å²) in [6.07, 6.45) is -10.4. The van der Waals surface area contributed by atoms with E-state index in [9.17, 15) is 49.4 Å². The zero-order chi connectivity index (χ0) is 25.5. The molecule has 5 nitrogen and oxygen atoms in total. The maximum Gasteiger partial charge on any atom is 0.416 e. The van der Waals surface area contributed by atoms with Crippen LogP contribution in [0.15, 0.2) is 59.5 Å². The predicted octanol–water partition coefficient (Wildman–Crippen LogP) is 5.42. The molecule has 0 bridgehead atoms. The number of hydrogen-bond donors (Lipinski definition) is 3. The SMILES string of the molecule is O=S(=O)(NCc1ccc(F)cc1)c1cc(O)c(O)cc1-c1cc(C(F)(F)F)cc(C(F)(F)F)c1. The van der Waals surface area contributed by atoms with Gasteiger partial charge in [-0.25, -0.2) is 17.5 Å². The van der Waals surface area contributed by atoms with Gasteiger partial charge in [0.1, 0.15) is 5.82 Å². The molecule has 0 unspecified atom stereocenters. The van der Waals surface area contributed by atoms with Gasteiger partial charge in [0.25, 0.3) is 0 Å². The average molecular weight is 509 g/mol. The van der Waals surface area contributed by atoms with Crippen molar-refractivity contribution in [3.8, 4) is 22.6 Å². The van der Waals surface area contributed by atoms with Gasteiger partial charge in [0.2, 0.25) is 10.0 Å². The number of rotatable bonds is 5. The summed E-state index contributed by atoms with van der Waals surface area (Å²) >= 11 is 0. The molecular weight excluding hydrogens is 495 g/mol. The van der Waals surface area contributed by atoms with E-state index in [2.05, 4.69) is 4.72 Å². The minimum Gasteiger partial charge on any atom is -0.504 e. The molecule has 0 aliphatic carbocycles. The molecule has 0 atom stereocenters. The van der Waals surface area contributed by atoms with Gasteiger partial charge < -0.3 is 10.2 Å². The molecule has 0 radical (unpaired) electrons. The van der Waals surface area contributed by atoms with Gasteiger partial charge >= 0.3 is 12.4 Å². The molecule has 0 aliphatic rings. The molecule has 182 valence electrons. The van der Waals surface area contributed by atoms with Crippen molar-refractivity contribution in [2.24, 2.45) is 0 Å². The first-order valence-electron chi connectivity index (χ1n) is 9.18. The molecule has 0 saturated heterocycles.